The molecule has 1 aromatic heterocycles. The molecule has 21 heavy (non-hydrogen) atoms. The number of nitrogens with two attached hydrogens (primary N) is 1. The monoisotopic (exact) mass is 285 g/mol. The van der Waals surface area contributed by atoms with E-state index in [1.165, 1.54) is 12.1 Å². The number of hydrogen-bond acceptors (Lipinski definition) is 3. The van der Waals surface area contributed by atoms with Crippen LogP contribution in [0.25, 0.3) is 22.2 Å². The summed E-state index contributed by atoms with van der Waals surface area (Å²) in [6.45, 7) is 2.45. The average molecular weight is 285 g/mol. The Hall–Kier alpha value is -2.24. The Labute approximate surface area is 121 Å². The first-order chi connectivity index (χ1) is 10.2. The minimum atomic E-state index is -0.463. The van der Waals surface area contributed by atoms with Crippen LogP contribution in [0.15, 0.2) is 42.5 Å². The lowest BCUT2D eigenvalue weighted by molar-refractivity contribution is 0.0675. The van der Waals surface area contributed by atoms with Gasteiger partial charge in [-0.05, 0) is 48.9 Å². The van der Waals surface area contributed by atoms with Crippen molar-refractivity contribution < 1.29 is 9.13 Å². The van der Waals surface area contributed by atoms with Crippen LogP contribution >= 0.6 is 0 Å². The summed E-state index contributed by atoms with van der Waals surface area (Å²) in [6.07, 6.45) is -0.463. The third kappa shape index (κ3) is 2.66. The van der Waals surface area contributed by atoms with E-state index in [0.29, 0.717) is 6.61 Å². The van der Waals surface area contributed by atoms with Crippen LogP contribution < -0.4 is 5.73 Å². The molecule has 0 fully saturated rings. The molecular formula is C16H16FN3O. The lowest BCUT2D eigenvalue weighted by Gasteiger charge is -2.11. The van der Waals surface area contributed by atoms with Crippen molar-refractivity contribution in [2.24, 2.45) is 5.73 Å². The van der Waals surface area contributed by atoms with E-state index in [2.05, 4.69) is 10.2 Å². The van der Waals surface area contributed by atoms with E-state index in [0.717, 1.165) is 27.7 Å². The molecule has 0 spiro atoms. The maximum Gasteiger partial charge on any atom is 0.131 e. The number of H-pyrrole nitrogens is 1. The number of fused-ring (bicyclic) bond motifs is 1. The van der Waals surface area contributed by atoms with Crippen LogP contribution in [0.2, 0.25) is 0 Å². The Morgan fingerprint density at radius 2 is 2.00 bits per heavy atom. The number of nitrogens with one attached hydrogen (secondary N) is 1. The van der Waals surface area contributed by atoms with Gasteiger partial charge in [-0.15, -0.1) is 0 Å². The molecular weight excluding hydrogens is 269 g/mol. The minimum absolute atomic E-state index is 0.266. The number of hydrogen-bond donors (Lipinski definition) is 2. The van der Waals surface area contributed by atoms with Crippen LogP contribution in [0.4, 0.5) is 4.39 Å². The Balaban J connectivity index is 2.07. The van der Waals surface area contributed by atoms with Crippen molar-refractivity contribution in [3.63, 3.8) is 0 Å². The van der Waals surface area contributed by atoms with Crippen LogP contribution in [0.1, 0.15) is 18.7 Å². The van der Waals surface area contributed by atoms with E-state index in [4.69, 9.17) is 10.5 Å². The topological polar surface area (TPSA) is 63.9 Å². The van der Waals surface area contributed by atoms with Crippen molar-refractivity contribution in [1.82, 2.24) is 10.2 Å². The normalized spacial score (nSPS) is 12.7. The molecule has 0 saturated heterocycles. The molecule has 0 aliphatic rings. The highest BCUT2D eigenvalue weighted by Gasteiger charge is 2.12. The number of rotatable bonds is 4. The summed E-state index contributed by atoms with van der Waals surface area (Å²) < 4.78 is 18.4. The summed E-state index contributed by atoms with van der Waals surface area (Å²) in [6, 6.07) is 12.0. The van der Waals surface area contributed by atoms with E-state index < -0.39 is 6.23 Å². The number of benzene rings is 2. The third-order valence-electron chi connectivity index (χ3n) is 3.38. The number of aromatic amines is 1. The molecule has 0 radical (unpaired) electrons. The van der Waals surface area contributed by atoms with E-state index in [1.54, 1.807) is 12.1 Å². The van der Waals surface area contributed by atoms with Crippen molar-refractivity contribution in [2.45, 2.75) is 13.2 Å². The molecule has 4 nitrogen and oxygen atoms in total. The fraction of sp³-hybridized carbons (Fsp3) is 0.188. The zero-order chi connectivity index (χ0) is 14.8. The van der Waals surface area contributed by atoms with Gasteiger partial charge in [-0.2, -0.15) is 5.10 Å². The number of aromatic nitrogens is 2. The maximum atomic E-state index is 13.0. The van der Waals surface area contributed by atoms with Gasteiger partial charge in [0.05, 0.1) is 11.2 Å². The number of ether oxygens (including phenoxy) is 1. The summed E-state index contributed by atoms with van der Waals surface area (Å²) in [5, 5.41) is 8.23. The number of halogens is 1. The second-order valence-corrected chi connectivity index (χ2v) is 4.76. The molecule has 0 aliphatic carbocycles. The molecule has 2 aromatic carbocycles. The summed E-state index contributed by atoms with van der Waals surface area (Å²) in [7, 11) is 0. The van der Waals surface area contributed by atoms with Crippen molar-refractivity contribution in [3.05, 3.63) is 53.8 Å². The van der Waals surface area contributed by atoms with Gasteiger partial charge in [0.15, 0.2) is 0 Å². The maximum absolute atomic E-state index is 13.0. The standard InChI is InChI=1S/C16H16FN3O/c1-2-21-16(18)11-5-8-14-13(9-11)15(20-19-14)10-3-6-12(17)7-4-10/h3-9,16H,2,18H2,1H3,(H,19,20). The predicted octanol–water partition coefficient (Wildman–Crippen LogP) is 3.36. The van der Waals surface area contributed by atoms with Gasteiger partial charge in [-0.3, -0.25) is 5.10 Å². The van der Waals surface area contributed by atoms with Crippen LogP contribution in [0, 0.1) is 5.82 Å². The van der Waals surface area contributed by atoms with Crippen molar-refractivity contribution >= 4 is 10.9 Å². The minimum Gasteiger partial charge on any atom is -0.360 e. The molecule has 1 heterocycles. The first kappa shape index (κ1) is 13.7. The van der Waals surface area contributed by atoms with Gasteiger partial charge in [0, 0.05) is 17.6 Å². The molecule has 108 valence electrons. The van der Waals surface area contributed by atoms with Gasteiger partial charge in [-0.1, -0.05) is 6.07 Å². The second kappa shape index (κ2) is 5.63. The van der Waals surface area contributed by atoms with E-state index in [1.807, 2.05) is 25.1 Å². The van der Waals surface area contributed by atoms with Crippen molar-refractivity contribution in [1.29, 1.82) is 0 Å². The molecule has 3 N–H and O–H groups in total. The summed E-state index contributed by atoms with van der Waals surface area (Å²) >= 11 is 0. The fourth-order valence-electron chi connectivity index (χ4n) is 2.31. The van der Waals surface area contributed by atoms with Crippen LogP contribution in [-0.2, 0) is 4.74 Å². The second-order valence-electron chi connectivity index (χ2n) is 4.76. The van der Waals surface area contributed by atoms with Crippen LogP contribution in [0.3, 0.4) is 0 Å². The van der Waals surface area contributed by atoms with Gasteiger partial charge in [-0.25, -0.2) is 4.39 Å². The quantitative estimate of drug-likeness (QED) is 0.722. The predicted molar refractivity (Wildman–Crippen MR) is 80.0 cm³/mol. The molecule has 0 amide bonds. The average Bonchev–Trinajstić information content (AvgIpc) is 2.91. The fourth-order valence-corrected chi connectivity index (χ4v) is 2.31. The molecule has 3 rings (SSSR count). The third-order valence-corrected chi connectivity index (χ3v) is 3.38. The molecule has 0 bridgehead atoms. The lowest BCUT2D eigenvalue weighted by atomic mass is 10.1. The molecule has 3 aromatic rings. The largest absolute Gasteiger partial charge is 0.360 e. The van der Waals surface area contributed by atoms with Gasteiger partial charge in [0.25, 0.3) is 0 Å². The number of nitrogens with zero attached hydrogens (tertiary/aromatic N) is 1. The highest BCUT2D eigenvalue weighted by atomic mass is 19.1. The van der Waals surface area contributed by atoms with Gasteiger partial charge >= 0.3 is 0 Å². The highest BCUT2D eigenvalue weighted by Crippen LogP contribution is 2.28. The summed E-state index contributed by atoms with van der Waals surface area (Å²) in [4.78, 5) is 0. The van der Waals surface area contributed by atoms with Gasteiger partial charge in [0.1, 0.15) is 12.0 Å². The van der Waals surface area contributed by atoms with Crippen molar-refractivity contribution in [3.8, 4) is 11.3 Å². The zero-order valence-electron chi connectivity index (χ0n) is 11.6. The molecule has 0 aliphatic heterocycles. The molecule has 5 heteroatoms. The SMILES string of the molecule is CCOC(N)c1ccc2[nH]nc(-c3ccc(F)cc3)c2c1. The van der Waals surface area contributed by atoms with Crippen LogP contribution in [-0.4, -0.2) is 16.8 Å². The summed E-state index contributed by atoms with van der Waals surface area (Å²) in [5.41, 5.74) is 9.38. The lowest BCUT2D eigenvalue weighted by Crippen LogP contribution is -2.13. The zero-order valence-corrected chi connectivity index (χ0v) is 11.6. The Kier molecular flexibility index (Phi) is 3.68. The Morgan fingerprint density at radius 1 is 1.24 bits per heavy atom. The molecule has 1 atom stereocenters. The first-order valence-electron chi connectivity index (χ1n) is 6.80. The molecule has 1 unspecified atom stereocenters. The van der Waals surface area contributed by atoms with Gasteiger partial charge in [0.2, 0.25) is 0 Å². The van der Waals surface area contributed by atoms with Crippen LogP contribution in [0.5, 0.6) is 0 Å². The summed E-state index contributed by atoms with van der Waals surface area (Å²) in [5.74, 6) is -0.266. The van der Waals surface area contributed by atoms with E-state index >= 15 is 0 Å². The smallest absolute Gasteiger partial charge is 0.131 e. The van der Waals surface area contributed by atoms with Crippen molar-refractivity contribution in [2.75, 3.05) is 6.61 Å². The highest BCUT2D eigenvalue weighted by molar-refractivity contribution is 5.93. The van der Waals surface area contributed by atoms with E-state index in [-0.39, 0.29) is 5.82 Å². The Bertz CT molecular complexity index is 752. The van der Waals surface area contributed by atoms with Gasteiger partial charge < -0.3 is 10.5 Å². The molecule has 0 saturated carbocycles. The first-order valence-corrected chi connectivity index (χ1v) is 6.80. The Morgan fingerprint density at radius 3 is 2.71 bits per heavy atom. The van der Waals surface area contributed by atoms with E-state index in [9.17, 15) is 4.39 Å².